The SMILES string of the molecule is CC/N=c1/ccc2c(-c3ccccc3C(=O)OCC)c3cc(C)c(NCC)cc3oc-2c1. The third-order valence-electron chi connectivity index (χ3n) is 5.45. The van der Waals surface area contributed by atoms with Gasteiger partial charge in [-0.25, -0.2) is 4.79 Å². The van der Waals surface area contributed by atoms with Gasteiger partial charge in [-0.1, -0.05) is 18.2 Å². The highest BCUT2D eigenvalue weighted by Gasteiger charge is 2.22. The molecule has 0 aromatic heterocycles. The number of carbonyl (C=O) groups is 1. The van der Waals surface area contributed by atoms with E-state index in [4.69, 9.17) is 9.15 Å². The largest absolute Gasteiger partial charge is 0.462 e. The van der Waals surface area contributed by atoms with E-state index in [1.54, 1.807) is 0 Å². The van der Waals surface area contributed by atoms with E-state index in [1.165, 1.54) is 0 Å². The van der Waals surface area contributed by atoms with Gasteiger partial charge in [0, 0.05) is 47.4 Å². The average Bonchev–Trinajstić information content (AvgIpc) is 2.79. The lowest BCUT2D eigenvalue weighted by molar-refractivity contribution is 0.0527. The van der Waals surface area contributed by atoms with Crippen molar-refractivity contribution in [2.75, 3.05) is 25.0 Å². The summed E-state index contributed by atoms with van der Waals surface area (Å²) >= 11 is 0. The molecule has 0 saturated carbocycles. The van der Waals surface area contributed by atoms with Crippen LogP contribution < -0.4 is 10.7 Å². The van der Waals surface area contributed by atoms with E-state index in [2.05, 4.69) is 30.2 Å². The van der Waals surface area contributed by atoms with Crippen molar-refractivity contribution in [3.8, 4) is 22.5 Å². The first-order chi connectivity index (χ1) is 15.6. The molecule has 5 heteroatoms. The highest BCUT2D eigenvalue weighted by molar-refractivity contribution is 6.08. The molecule has 2 aromatic rings. The monoisotopic (exact) mass is 428 g/mol. The van der Waals surface area contributed by atoms with Crippen molar-refractivity contribution in [3.05, 3.63) is 71.1 Å². The minimum atomic E-state index is -0.330. The minimum absolute atomic E-state index is 0.325. The molecule has 1 aliphatic carbocycles. The zero-order chi connectivity index (χ0) is 22.7. The Morgan fingerprint density at radius 2 is 1.84 bits per heavy atom. The van der Waals surface area contributed by atoms with Crippen LogP contribution in [-0.4, -0.2) is 25.7 Å². The summed E-state index contributed by atoms with van der Waals surface area (Å²) in [5, 5.41) is 5.22. The van der Waals surface area contributed by atoms with Crippen LogP contribution in [0.25, 0.3) is 33.4 Å². The number of nitrogens with one attached hydrogen (secondary N) is 1. The molecule has 4 rings (SSSR count). The van der Waals surface area contributed by atoms with Gasteiger partial charge in [-0.15, -0.1) is 0 Å². The summed E-state index contributed by atoms with van der Waals surface area (Å²) < 4.78 is 11.7. The summed E-state index contributed by atoms with van der Waals surface area (Å²) in [5.41, 5.74) is 6.15. The second kappa shape index (κ2) is 9.27. The molecule has 0 unspecified atom stereocenters. The first-order valence-corrected chi connectivity index (χ1v) is 11.1. The fraction of sp³-hybridized carbons (Fsp3) is 0.259. The van der Waals surface area contributed by atoms with Crippen LogP contribution in [-0.2, 0) is 4.74 Å². The van der Waals surface area contributed by atoms with Crippen molar-refractivity contribution in [3.63, 3.8) is 0 Å². The molecule has 0 amide bonds. The number of ether oxygens (including phenoxy) is 1. The minimum Gasteiger partial charge on any atom is -0.462 e. The molecular weight excluding hydrogens is 400 g/mol. The number of fused-ring (bicyclic) bond motifs is 2. The van der Waals surface area contributed by atoms with Crippen molar-refractivity contribution in [1.82, 2.24) is 0 Å². The Morgan fingerprint density at radius 3 is 2.59 bits per heavy atom. The van der Waals surface area contributed by atoms with Crippen molar-refractivity contribution in [2.24, 2.45) is 4.99 Å². The zero-order valence-electron chi connectivity index (χ0n) is 19.0. The molecule has 0 saturated heterocycles. The summed E-state index contributed by atoms with van der Waals surface area (Å²) in [4.78, 5) is 17.3. The van der Waals surface area contributed by atoms with Crippen LogP contribution in [0.3, 0.4) is 0 Å². The van der Waals surface area contributed by atoms with E-state index in [-0.39, 0.29) is 5.97 Å². The Balaban J connectivity index is 2.12. The van der Waals surface area contributed by atoms with Crippen LogP contribution in [0.1, 0.15) is 36.7 Å². The molecule has 2 aromatic carbocycles. The number of rotatable bonds is 6. The molecule has 164 valence electrons. The third kappa shape index (κ3) is 3.98. The van der Waals surface area contributed by atoms with Gasteiger partial charge in [0.25, 0.3) is 0 Å². The Kier molecular flexibility index (Phi) is 6.26. The first-order valence-electron chi connectivity index (χ1n) is 11.1. The fourth-order valence-electron chi connectivity index (χ4n) is 4.07. The van der Waals surface area contributed by atoms with Gasteiger partial charge in [-0.3, -0.25) is 4.99 Å². The number of aryl methyl sites for hydroxylation is 1. The fourth-order valence-corrected chi connectivity index (χ4v) is 4.07. The molecule has 0 bridgehead atoms. The molecule has 0 spiro atoms. The van der Waals surface area contributed by atoms with Gasteiger partial charge >= 0.3 is 5.97 Å². The van der Waals surface area contributed by atoms with Gasteiger partial charge in [-0.05, 0) is 63.1 Å². The molecule has 1 N–H and O–H groups in total. The number of hydrogen-bond donors (Lipinski definition) is 1. The second-order valence-electron chi connectivity index (χ2n) is 7.59. The lowest BCUT2D eigenvalue weighted by Crippen LogP contribution is -2.08. The summed E-state index contributed by atoms with van der Waals surface area (Å²) in [5.74, 6) is 0.399. The lowest BCUT2D eigenvalue weighted by Gasteiger charge is -2.19. The Hall–Kier alpha value is -3.60. The Bertz CT molecular complexity index is 1320. The van der Waals surface area contributed by atoms with Gasteiger partial charge in [0.2, 0.25) is 0 Å². The molecule has 1 aliphatic heterocycles. The number of hydrogen-bond acceptors (Lipinski definition) is 5. The highest BCUT2D eigenvalue weighted by atomic mass is 16.5. The number of esters is 1. The molecule has 5 nitrogen and oxygen atoms in total. The third-order valence-corrected chi connectivity index (χ3v) is 5.45. The first kappa shape index (κ1) is 21.6. The van der Waals surface area contributed by atoms with Crippen molar-refractivity contribution >= 4 is 22.6 Å². The van der Waals surface area contributed by atoms with Crippen LogP contribution in [0, 0.1) is 6.92 Å². The average molecular weight is 429 g/mol. The van der Waals surface area contributed by atoms with Crippen molar-refractivity contribution in [2.45, 2.75) is 27.7 Å². The van der Waals surface area contributed by atoms with E-state index in [1.807, 2.05) is 62.4 Å². The normalized spacial score (nSPS) is 11.8. The van der Waals surface area contributed by atoms with Gasteiger partial charge in [0.1, 0.15) is 11.3 Å². The highest BCUT2D eigenvalue weighted by Crippen LogP contribution is 2.42. The van der Waals surface area contributed by atoms with Crippen LogP contribution in [0.4, 0.5) is 5.69 Å². The van der Waals surface area contributed by atoms with Crippen LogP contribution in [0.2, 0.25) is 0 Å². The molecule has 0 fully saturated rings. The number of nitrogens with zero attached hydrogens (tertiary/aromatic N) is 1. The summed E-state index contributed by atoms with van der Waals surface area (Å²) in [7, 11) is 0. The van der Waals surface area contributed by atoms with Crippen LogP contribution in [0.5, 0.6) is 0 Å². The smallest absolute Gasteiger partial charge is 0.338 e. The predicted molar refractivity (Wildman–Crippen MR) is 129 cm³/mol. The molecule has 32 heavy (non-hydrogen) atoms. The maximum absolute atomic E-state index is 12.8. The molecule has 1 heterocycles. The summed E-state index contributed by atoms with van der Waals surface area (Å²) in [6.07, 6.45) is 0. The Labute approximate surface area is 188 Å². The standard InChI is InChI=1S/C27H28N2O3/c1-5-28-18-12-13-21-24(15-18)32-25-16-23(29-6-2)17(4)14-22(25)26(21)19-10-8-9-11-20(19)27(30)31-7-3/h8-16,29H,5-7H2,1-4H3/b28-18-. The van der Waals surface area contributed by atoms with E-state index < -0.39 is 0 Å². The number of carbonyl (C=O) groups excluding carboxylic acids is 1. The maximum Gasteiger partial charge on any atom is 0.338 e. The predicted octanol–water partition coefficient (Wildman–Crippen LogP) is 6.04. The van der Waals surface area contributed by atoms with Gasteiger partial charge in [0.05, 0.1) is 17.5 Å². The topological polar surface area (TPSA) is 63.8 Å². The van der Waals surface area contributed by atoms with E-state index >= 15 is 0 Å². The van der Waals surface area contributed by atoms with E-state index in [0.29, 0.717) is 18.7 Å². The molecule has 0 atom stereocenters. The Morgan fingerprint density at radius 1 is 1.03 bits per heavy atom. The van der Waals surface area contributed by atoms with Crippen LogP contribution in [0.15, 0.2) is 64.0 Å². The molecular formula is C27H28N2O3. The van der Waals surface area contributed by atoms with Gasteiger partial charge < -0.3 is 14.5 Å². The maximum atomic E-state index is 12.8. The van der Waals surface area contributed by atoms with E-state index in [0.717, 1.165) is 56.6 Å². The van der Waals surface area contributed by atoms with Crippen LogP contribution >= 0.6 is 0 Å². The van der Waals surface area contributed by atoms with Gasteiger partial charge in [0.15, 0.2) is 0 Å². The molecule has 0 radical (unpaired) electrons. The van der Waals surface area contributed by atoms with Crippen molar-refractivity contribution in [1.29, 1.82) is 0 Å². The zero-order valence-corrected chi connectivity index (χ0v) is 19.0. The van der Waals surface area contributed by atoms with Crippen molar-refractivity contribution < 1.29 is 13.9 Å². The van der Waals surface area contributed by atoms with E-state index in [9.17, 15) is 4.79 Å². The molecule has 2 aliphatic rings. The quantitative estimate of drug-likeness (QED) is 0.300. The van der Waals surface area contributed by atoms with Gasteiger partial charge in [-0.2, -0.15) is 0 Å². The lowest BCUT2D eigenvalue weighted by atomic mass is 9.90. The number of anilines is 1. The number of benzene rings is 3. The summed E-state index contributed by atoms with van der Waals surface area (Å²) in [6, 6.07) is 17.7. The summed E-state index contributed by atoms with van der Waals surface area (Å²) in [6.45, 7) is 9.81. The second-order valence-corrected chi connectivity index (χ2v) is 7.59.